The molecule has 1 atom stereocenters. The van der Waals surface area contributed by atoms with Crippen LogP contribution < -0.4 is 0 Å². The van der Waals surface area contributed by atoms with E-state index in [1.165, 1.54) is 22.6 Å². The van der Waals surface area contributed by atoms with Crippen LogP contribution in [0.1, 0.15) is 6.92 Å². The number of rotatable bonds is 2. The summed E-state index contributed by atoms with van der Waals surface area (Å²) in [5, 5.41) is 16.3. The molecule has 0 radical (unpaired) electrons. The van der Waals surface area contributed by atoms with Crippen LogP contribution in [0.3, 0.4) is 0 Å². The first-order valence-corrected chi connectivity index (χ1v) is 2.80. The van der Waals surface area contributed by atoms with Gasteiger partial charge in [0.05, 0.1) is 6.10 Å². The van der Waals surface area contributed by atoms with Gasteiger partial charge in [-0.2, -0.15) is 0 Å². The van der Waals surface area contributed by atoms with E-state index >= 15 is 0 Å². The van der Waals surface area contributed by atoms with Crippen LogP contribution in [0.15, 0.2) is 0 Å². The molecule has 0 bridgehead atoms. The van der Waals surface area contributed by atoms with Gasteiger partial charge in [-0.3, -0.25) is 4.79 Å². The maximum Gasteiger partial charge on any atom is 0.296 e. The van der Waals surface area contributed by atoms with Crippen molar-refractivity contribution in [2.24, 2.45) is 0 Å². The maximum absolute atomic E-state index is 10.3. The van der Waals surface area contributed by atoms with E-state index in [4.69, 9.17) is 10.2 Å². The van der Waals surface area contributed by atoms with E-state index in [0.29, 0.717) is 0 Å². The number of hydrogen-bond donors (Lipinski definition) is 2. The van der Waals surface area contributed by atoms with Crippen molar-refractivity contribution in [3.05, 3.63) is 0 Å². The van der Waals surface area contributed by atoms with Crippen molar-refractivity contribution in [3.63, 3.8) is 0 Å². The lowest BCUT2D eigenvalue weighted by Gasteiger charge is -2.21. The van der Waals surface area contributed by atoms with Gasteiger partial charge in [0.2, 0.25) is 0 Å². The van der Waals surface area contributed by atoms with Crippen LogP contribution >= 0.6 is 0 Å². The van der Waals surface area contributed by atoms with Crippen LogP contribution in [0.25, 0.3) is 0 Å². The molecule has 0 unspecified atom stereocenters. The fourth-order valence-electron chi connectivity index (χ4n) is 0.179. The van der Waals surface area contributed by atoms with Gasteiger partial charge in [-0.1, -0.05) is 0 Å². The molecule has 0 saturated carbocycles. The Morgan fingerprint density at radius 3 is 2.00 bits per heavy atom. The van der Waals surface area contributed by atoms with Gasteiger partial charge in [0.25, 0.3) is 5.97 Å². The molecule has 0 aromatic heterocycles. The van der Waals surface area contributed by atoms with Gasteiger partial charge in [-0.25, -0.2) is 0 Å². The minimum Gasteiger partial charge on any atom is -0.482 e. The first kappa shape index (κ1) is 8.56. The zero-order chi connectivity index (χ0) is 7.65. The third-order valence-corrected chi connectivity index (χ3v) is 1.60. The van der Waals surface area contributed by atoms with Gasteiger partial charge in [0, 0.05) is 5.21 Å². The zero-order valence-electron chi connectivity index (χ0n) is 5.88. The number of hydrogen-bond acceptors (Lipinski definition) is 2. The second kappa shape index (κ2) is 2.43. The van der Waals surface area contributed by atoms with Crippen molar-refractivity contribution in [1.29, 1.82) is 0 Å². The molecule has 0 aromatic carbocycles. The van der Waals surface area contributed by atoms with Gasteiger partial charge in [0.15, 0.2) is 0 Å². The number of carboxylic acids is 1. The summed E-state index contributed by atoms with van der Waals surface area (Å²) in [6.07, 6.45) is -0.810. The number of aliphatic hydroxyl groups is 1. The Hall–Kier alpha value is -0.440. The molecular weight excluding hydrogens is 118 g/mol. The highest BCUT2D eigenvalue weighted by Crippen LogP contribution is 2.20. The third-order valence-electron chi connectivity index (χ3n) is 1.60. The Morgan fingerprint density at radius 2 is 2.00 bits per heavy atom. The summed E-state index contributed by atoms with van der Waals surface area (Å²) in [6.45, 7) is 1.47. The molecule has 0 spiro atoms. The number of aliphatic hydroxyl groups excluding tert-OH is 1. The summed E-state index contributed by atoms with van der Waals surface area (Å²) in [7, 11) is 2.97. The molecule has 3 nitrogen and oxygen atoms in total. The van der Waals surface area contributed by atoms with Crippen LogP contribution in [-0.4, -0.2) is 38.0 Å². The lowest BCUT2D eigenvalue weighted by molar-refractivity contribution is -0.140. The molecule has 0 aliphatic heterocycles. The van der Waals surface area contributed by atoms with Crippen molar-refractivity contribution in [1.82, 2.24) is 0 Å². The lowest BCUT2D eigenvalue weighted by Crippen LogP contribution is -2.34. The van der Waals surface area contributed by atoms with E-state index < -0.39 is 17.3 Å². The monoisotopic (exact) mass is 128 g/mol. The topological polar surface area (TPSA) is 57.5 Å². The quantitative estimate of drug-likeness (QED) is 0.416. The van der Waals surface area contributed by atoms with E-state index in [-0.39, 0.29) is 0 Å². The normalized spacial score (nSPS) is 14.9. The van der Waals surface area contributed by atoms with E-state index in [2.05, 4.69) is 0 Å². The summed E-state index contributed by atoms with van der Waals surface area (Å²) in [4.78, 5) is 10.3. The van der Waals surface area contributed by atoms with Crippen molar-refractivity contribution in [2.75, 3.05) is 0 Å². The first-order valence-electron chi connectivity index (χ1n) is 2.80. The van der Waals surface area contributed by atoms with Crippen molar-refractivity contribution >= 4 is 21.7 Å². The van der Waals surface area contributed by atoms with E-state index in [9.17, 15) is 4.79 Å². The predicted molar refractivity (Wildman–Crippen MR) is 39.1 cm³/mol. The number of carboxylic acid groups (broad SMARTS) is 1. The molecule has 0 rings (SSSR count). The molecule has 9 heavy (non-hydrogen) atoms. The minimum absolute atomic E-state index is 0.810. The highest BCUT2D eigenvalue weighted by atomic mass is 16.4. The summed E-state index contributed by atoms with van der Waals surface area (Å²) >= 11 is 0. The molecule has 0 aliphatic rings. The fraction of sp³-hybridized carbons (Fsp3) is 0.750. The van der Waals surface area contributed by atoms with Gasteiger partial charge < -0.3 is 10.2 Å². The molecule has 50 valence electrons. The Bertz CT molecular complexity index is 121. The Labute approximate surface area is 55.9 Å². The minimum atomic E-state index is -1.03. The van der Waals surface area contributed by atoms with Crippen molar-refractivity contribution in [3.8, 4) is 0 Å². The van der Waals surface area contributed by atoms with Crippen molar-refractivity contribution < 1.29 is 15.0 Å². The van der Waals surface area contributed by atoms with E-state index in [1.54, 1.807) is 0 Å². The maximum atomic E-state index is 10.3. The molecule has 2 N–H and O–H groups in total. The third kappa shape index (κ3) is 1.75. The summed E-state index contributed by atoms with van der Waals surface area (Å²) in [6, 6.07) is 0. The van der Waals surface area contributed by atoms with Gasteiger partial charge in [-0.05, 0) is 6.92 Å². The van der Waals surface area contributed by atoms with Crippen LogP contribution in [0, 0.1) is 0 Å². The predicted octanol–water partition coefficient (Wildman–Crippen LogP) is -2.17. The lowest BCUT2D eigenvalue weighted by atomic mass is 9.52. The van der Waals surface area contributed by atoms with Gasteiger partial charge in [-0.15, -0.1) is 0 Å². The summed E-state index contributed by atoms with van der Waals surface area (Å²) in [5.41, 5.74) is 0. The van der Waals surface area contributed by atoms with Crippen LogP contribution in [0.2, 0.25) is 5.21 Å². The summed E-state index contributed by atoms with van der Waals surface area (Å²) in [5.74, 6) is -0.975. The Balaban J connectivity index is 4.19. The number of carbonyl (C=O) groups is 1. The van der Waals surface area contributed by atoms with Crippen LogP contribution in [0.5, 0.6) is 0 Å². The molecular formula is C4H10B2O3. The van der Waals surface area contributed by atoms with E-state index in [1.807, 2.05) is 0 Å². The second-order valence-corrected chi connectivity index (χ2v) is 2.70. The average Bonchev–Trinajstić information content (AvgIpc) is 1.65. The van der Waals surface area contributed by atoms with Gasteiger partial charge >= 0.3 is 0 Å². The van der Waals surface area contributed by atoms with Crippen LogP contribution in [0.4, 0.5) is 0 Å². The van der Waals surface area contributed by atoms with Gasteiger partial charge in [0.1, 0.15) is 15.7 Å². The average molecular weight is 128 g/mol. The Kier molecular flexibility index (Phi) is 2.32. The first-order chi connectivity index (χ1) is 3.89. The van der Waals surface area contributed by atoms with E-state index in [0.717, 1.165) is 0 Å². The molecule has 0 amide bonds. The molecule has 0 aliphatic carbocycles. The molecule has 0 heterocycles. The van der Waals surface area contributed by atoms with Crippen LogP contribution in [-0.2, 0) is 4.79 Å². The highest BCUT2D eigenvalue weighted by molar-refractivity contribution is 6.50. The molecule has 0 fully saturated rings. The summed E-state index contributed by atoms with van der Waals surface area (Å²) < 4.78 is 0. The highest BCUT2D eigenvalue weighted by Gasteiger charge is 2.31. The number of aliphatic carboxylic acids is 1. The molecule has 0 saturated heterocycles. The SMILES string of the molecule is BC(B)(C(=O)O)[C@@H](C)O. The second-order valence-electron chi connectivity index (χ2n) is 2.70. The molecule has 0 aromatic rings. The smallest absolute Gasteiger partial charge is 0.296 e. The largest absolute Gasteiger partial charge is 0.482 e. The Morgan fingerprint density at radius 1 is 1.67 bits per heavy atom. The zero-order valence-corrected chi connectivity index (χ0v) is 5.88. The van der Waals surface area contributed by atoms with Crippen molar-refractivity contribution in [2.45, 2.75) is 18.2 Å². The fourth-order valence-corrected chi connectivity index (χ4v) is 0.179. The standard InChI is InChI=1S/C4H10B2O3/c1-2(7)4(5,6)3(8)9/h2,7H,5-6H2,1H3,(H,8,9)/t2-/m1/s1. The molecule has 5 heteroatoms.